The smallest absolute Gasteiger partial charge is 0.271 e. The number of nitrogens with two attached hydrogens (primary N) is 1. The van der Waals surface area contributed by atoms with Gasteiger partial charge in [-0.1, -0.05) is 30.3 Å². The molecule has 6 nitrogen and oxygen atoms in total. The van der Waals surface area contributed by atoms with Gasteiger partial charge in [-0.05, 0) is 38.7 Å². The highest BCUT2D eigenvalue weighted by Crippen LogP contribution is 2.22. The van der Waals surface area contributed by atoms with Gasteiger partial charge in [-0.3, -0.25) is 0 Å². The van der Waals surface area contributed by atoms with Crippen LogP contribution >= 0.6 is 0 Å². The van der Waals surface area contributed by atoms with E-state index in [2.05, 4.69) is 29.3 Å². The Kier molecular flexibility index (Phi) is 5.59. The number of sulfonamides is 1. The van der Waals surface area contributed by atoms with Crippen LogP contribution in [0.2, 0.25) is 0 Å². The van der Waals surface area contributed by atoms with Gasteiger partial charge in [0.05, 0.1) is 6.54 Å². The summed E-state index contributed by atoms with van der Waals surface area (Å²) in [5, 5.41) is 8.20. The Hall–Kier alpha value is -1.67. The van der Waals surface area contributed by atoms with Crippen LogP contribution in [0.4, 0.5) is 0 Å². The van der Waals surface area contributed by atoms with Crippen molar-refractivity contribution in [3.63, 3.8) is 0 Å². The molecule has 126 valence electrons. The molecule has 0 radical (unpaired) electrons. The summed E-state index contributed by atoms with van der Waals surface area (Å²) in [6.45, 7) is 2.51. The van der Waals surface area contributed by atoms with Crippen molar-refractivity contribution >= 4 is 10.0 Å². The van der Waals surface area contributed by atoms with E-state index in [0.29, 0.717) is 12.3 Å². The Morgan fingerprint density at radius 1 is 1.17 bits per heavy atom. The molecular weight excluding hydrogens is 314 g/mol. The van der Waals surface area contributed by atoms with Crippen LogP contribution in [0.5, 0.6) is 0 Å². The fourth-order valence-corrected chi connectivity index (χ4v) is 3.14. The monoisotopic (exact) mass is 337 g/mol. The van der Waals surface area contributed by atoms with E-state index in [-0.39, 0.29) is 17.2 Å². The zero-order valence-electron chi connectivity index (χ0n) is 13.6. The van der Waals surface area contributed by atoms with Crippen LogP contribution in [0.3, 0.4) is 0 Å². The number of hydrogen-bond donors (Lipinski definition) is 2. The predicted octanol–water partition coefficient (Wildman–Crippen LogP) is 1.71. The third kappa shape index (κ3) is 4.65. The highest BCUT2D eigenvalue weighted by atomic mass is 32.2. The van der Waals surface area contributed by atoms with E-state index in [1.807, 2.05) is 32.3 Å². The Bertz CT molecular complexity index is 726. The zero-order chi connectivity index (χ0) is 17.0. The first kappa shape index (κ1) is 17.7. The fraction of sp³-hybridized carbons (Fsp3) is 0.375. The highest BCUT2D eigenvalue weighted by Gasteiger charge is 2.21. The minimum Gasteiger partial charge on any atom is -0.447 e. The predicted molar refractivity (Wildman–Crippen MR) is 89.3 cm³/mol. The second-order valence-corrected chi connectivity index (χ2v) is 7.25. The van der Waals surface area contributed by atoms with Crippen LogP contribution in [0, 0.1) is 0 Å². The van der Waals surface area contributed by atoms with E-state index in [4.69, 9.17) is 9.56 Å². The minimum absolute atomic E-state index is 0.135. The zero-order valence-corrected chi connectivity index (χ0v) is 14.4. The van der Waals surface area contributed by atoms with Gasteiger partial charge in [0.1, 0.15) is 5.76 Å². The van der Waals surface area contributed by atoms with Crippen molar-refractivity contribution in [2.75, 3.05) is 14.1 Å². The van der Waals surface area contributed by atoms with Crippen LogP contribution in [0.25, 0.3) is 0 Å². The molecule has 0 saturated carbocycles. The minimum atomic E-state index is -3.80. The molecule has 1 aromatic heterocycles. The summed E-state index contributed by atoms with van der Waals surface area (Å²) >= 11 is 0. The van der Waals surface area contributed by atoms with Gasteiger partial charge in [0.25, 0.3) is 10.0 Å². The molecule has 0 saturated heterocycles. The van der Waals surface area contributed by atoms with E-state index >= 15 is 0 Å². The maximum absolute atomic E-state index is 11.2. The Morgan fingerprint density at radius 3 is 2.35 bits per heavy atom. The second kappa shape index (κ2) is 7.27. The van der Waals surface area contributed by atoms with Gasteiger partial charge in [-0.25, -0.2) is 13.6 Å². The molecule has 1 aromatic carbocycles. The average Bonchev–Trinajstić information content (AvgIpc) is 2.95. The molecule has 1 heterocycles. The fourth-order valence-electron chi connectivity index (χ4n) is 2.66. The van der Waals surface area contributed by atoms with E-state index in [1.165, 1.54) is 11.6 Å². The number of benzene rings is 1. The SMILES string of the molecule is CC(NCc1ccc(S(N)(=O)=O)o1)C(c1ccccc1)N(C)C. The first-order chi connectivity index (χ1) is 10.8. The molecule has 0 aliphatic carbocycles. The van der Waals surface area contributed by atoms with Gasteiger partial charge in [-0.2, -0.15) is 0 Å². The number of nitrogens with zero attached hydrogens (tertiary/aromatic N) is 1. The Morgan fingerprint density at radius 2 is 1.83 bits per heavy atom. The van der Waals surface area contributed by atoms with E-state index in [1.54, 1.807) is 6.07 Å². The Labute approximate surface area is 137 Å². The van der Waals surface area contributed by atoms with Gasteiger partial charge in [0, 0.05) is 12.1 Å². The molecular formula is C16H23N3O3S. The van der Waals surface area contributed by atoms with E-state index in [9.17, 15) is 8.42 Å². The summed E-state index contributed by atoms with van der Waals surface area (Å²) in [5.41, 5.74) is 1.21. The molecule has 3 N–H and O–H groups in total. The molecule has 2 unspecified atom stereocenters. The first-order valence-corrected chi connectivity index (χ1v) is 8.90. The molecule has 0 spiro atoms. The molecule has 23 heavy (non-hydrogen) atoms. The number of furan rings is 1. The van der Waals surface area contributed by atoms with Gasteiger partial charge in [-0.15, -0.1) is 0 Å². The van der Waals surface area contributed by atoms with Crippen molar-refractivity contribution in [1.29, 1.82) is 0 Å². The largest absolute Gasteiger partial charge is 0.447 e. The molecule has 7 heteroatoms. The lowest BCUT2D eigenvalue weighted by Gasteiger charge is -2.31. The summed E-state index contributed by atoms with van der Waals surface area (Å²) in [4.78, 5) is 2.14. The maximum Gasteiger partial charge on any atom is 0.271 e. The summed E-state index contributed by atoms with van der Waals surface area (Å²) in [7, 11) is 0.263. The van der Waals surface area contributed by atoms with Crippen molar-refractivity contribution in [3.05, 3.63) is 53.8 Å². The lowest BCUT2D eigenvalue weighted by molar-refractivity contribution is 0.235. The Balaban J connectivity index is 2.05. The summed E-state index contributed by atoms with van der Waals surface area (Å²) in [5.74, 6) is 0.534. The first-order valence-electron chi connectivity index (χ1n) is 7.35. The third-order valence-corrected chi connectivity index (χ3v) is 4.47. The normalized spacial score (nSPS) is 14.8. The van der Waals surface area contributed by atoms with Crippen LogP contribution in [0.15, 0.2) is 52.0 Å². The van der Waals surface area contributed by atoms with Gasteiger partial charge < -0.3 is 14.6 Å². The van der Waals surface area contributed by atoms with Crippen LogP contribution in [-0.2, 0) is 16.6 Å². The summed E-state index contributed by atoms with van der Waals surface area (Å²) < 4.78 is 27.7. The molecule has 2 rings (SSSR count). The number of rotatable bonds is 7. The van der Waals surface area contributed by atoms with Crippen molar-refractivity contribution in [3.8, 4) is 0 Å². The quantitative estimate of drug-likeness (QED) is 0.803. The molecule has 0 aliphatic rings. The van der Waals surface area contributed by atoms with Gasteiger partial charge >= 0.3 is 0 Å². The molecule has 0 fully saturated rings. The lowest BCUT2D eigenvalue weighted by atomic mass is 9.99. The van der Waals surface area contributed by atoms with Crippen molar-refractivity contribution < 1.29 is 12.8 Å². The van der Waals surface area contributed by atoms with Crippen LogP contribution < -0.4 is 10.5 Å². The number of likely N-dealkylation sites (N-methyl/N-ethyl adjacent to an activating group) is 1. The van der Waals surface area contributed by atoms with Gasteiger partial charge in [0.2, 0.25) is 5.09 Å². The van der Waals surface area contributed by atoms with Crippen molar-refractivity contribution in [2.45, 2.75) is 30.6 Å². The summed E-state index contributed by atoms with van der Waals surface area (Å²) in [6.07, 6.45) is 0. The lowest BCUT2D eigenvalue weighted by Crippen LogP contribution is -2.38. The van der Waals surface area contributed by atoms with Crippen molar-refractivity contribution in [2.24, 2.45) is 5.14 Å². The van der Waals surface area contributed by atoms with Crippen LogP contribution in [0.1, 0.15) is 24.3 Å². The molecule has 2 atom stereocenters. The van der Waals surface area contributed by atoms with Crippen molar-refractivity contribution in [1.82, 2.24) is 10.2 Å². The van der Waals surface area contributed by atoms with E-state index in [0.717, 1.165) is 0 Å². The third-order valence-electron chi connectivity index (χ3n) is 3.69. The maximum atomic E-state index is 11.2. The molecule has 0 amide bonds. The molecule has 0 aliphatic heterocycles. The number of nitrogens with one attached hydrogen (secondary N) is 1. The number of hydrogen-bond acceptors (Lipinski definition) is 5. The second-order valence-electron chi connectivity index (χ2n) is 5.75. The van der Waals surface area contributed by atoms with Gasteiger partial charge in [0.15, 0.2) is 0 Å². The number of primary sulfonamides is 1. The molecule has 2 aromatic rings. The summed E-state index contributed by atoms with van der Waals surface area (Å²) in [6, 6.07) is 13.5. The average molecular weight is 337 g/mol. The highest BCUT2D eigenvalue weighted by molar-refractivity contribution is 7.89. The van der Waals surface area contributed by atoms with E-state index < -0.39 is 10.0 Å². The standard InChI is InChI=1S/C16H23N3O3S/c1-12(16(19(2)3)13-7-5-4-6-8-13)18-11-14-9-10-15(22-14)23(17,20)21/h4-10,12,16,18H,11H2,1-3H3,(H2,17,20,21). The van der Waals surface area contributed by atoms with Crippen LogP contribution in [-0.4, -0.2) is 33.5 Å². The molecule has 0 bridgehead atoms. The topological polar surface area (TPSA) is 88.6 Å².